The van der Waals surface area contributed by atoms with Crippen LogP contribution in [0.1, 0.15) is 6.42 Å². The highest BCUT2D eigenvalue weighted by Crippen LogP contribution is 2.19. The molecule has 0 fully saturated rings. The van der Waals surface area contributed by atoms with Gasteiger partial charge in [-0.2, -0.15) is 0 Å². The third kappa shape index (κ3) is 2.99. The first-order valence-electron chi connectivity index (χ1n) is 6.64. The Morgan fingerprint density at radius 3 is 3.21 bits per heavy atom. The standard InChI is InChI=1S/C14H18N4O/c1(5-16-14-17-7-8-18-14)9-19-12-3-2-11-4-6-15-13(11)10-12/h2-4,6,10,15H,1,5,7-9H2,(H2,16,17,18). The van der Waals surface area contributed by atoms with Crippen LogP contribution >= 0.6 is 0 Å². The second-order valence-corrected chi connectivity index (χ2v) is 4.51. The van der Waals surface area contributed by atoms with Crippen molar-refractivity contribution < 1.29 is 4.74 Å². The van der Waals surface area contributed by atoms with Crippen LogP contribution in [0, 0.1) is 0 Å². The van der Waals surface area contributed by atoms with E-state index in [0.29, 0.717) is 6.61 Å². The van der Waals surface area contributed by atoms with Crippen LogP contribution in [0.5, 0.6) is 5.75 Å². The monoisotopic (exact) mass is 258 g/mol. The zero-order valence-electron chi connectivity index (χ0n) is 10.8. The average Bonchev–Trinajstić information content (AvgIpc) is 3.08. The Hall–Kier alpha value is -2.17. The maximum Gasteiger partial charge on any atom is 0.191 e. The van der Waals surface area contributed by atoms with Crippen LogP contribution in [0.15, 0.2) is 35.5 Å². The van der Waals surface area contributed by atoms with Crippen LogP contribution in [0.4, 0.5) is 0 Å². The van der Waals surface area contributed by atoms with E-state index in [-0.39, 0.29) is 0 Å². The van der Waals surface area contributed by atoms with Crippen LogP contribution < -0.4 is 15.4 Å². The molecule has 1 aliphatic heterocycles. The van der Waals surface area contributed by atoms with E-state index in [1.165, 1.54) is 5.39 Å². The fraction of sp³-hybridized carbons (Fsp3) is 0.357. The van der Waals surface area contributed by atoms with E-state index >= 15 is 0 Å². The minimum Gasteiger partial charge on any atom is -0.493 e. The van der Waals surface area contributed by atoms with Crippen molar-refractivity contribution in [3.8, 4) is 5.75 Å². The summed E-state index contributed by atoms with van der Waals surface area (Å²) in [5, 5.41) is 7.63. The van der Waals surface area contributed by atoms with Gasteiger partial charge >= 0.3 is 0 Å². The Morgan fingerprint density at radius 1 is 1.32 bits per heavy atom. The minimum absolute atomic E-state index is 0.701. The molecular formula is C14H18N4O. The molecule has 0 amide bonds. The van der Waals surface area contributed by atoms with E-state index in [4.69, 9.17) is 4.74 Å². The van der Waals surface area contributed by atoms with Gasteiger partial charge in [0.05, 0.1) is 13.2 Å². The predicted octanol–water partition coefficient (Wildman–Crippen LogP) is 1.49. The molecule has 1 aliphatic rings. The van der Waals surface area contributed by atoms with Gasteiger partial charge in [0, 0.05) is 30.9 Å². The van der Waals surface area contributed by atoms with Crippen molar-refractivity contribution in [3.05, 3.63) is 30.5 Å². The lowest BCUT2D eigenvalue weighted by atomic mass is 10.2. The summed E-state index contributed by atoms with van der Waals surface area (Å²) in [6.45, 7) is 3.38. The quantitative estimate of drug-likeness (QED) is 0.712. The largest absolute Gasteiger partial charge is 0.493 e. The molecule has 0 radical (unpaired) electrons. The summed E-state index contributed by atoms with van der Waals surface area (Å²) < 4.78 is 5.73. The predicted molar refractivity (Wildman–Crippen MR) is 76.7 cm³/mol. The molecule has 3 rings (SSSR count). The van der Waals surface area contributed by atoms with Crippen molar-refractivity contribution in [2.24, 2.45) is 4.99 Å². The number of aromatic amines is 1. The van der Waals surface area contributed by atoms with Gasteiger partial charge in [-0.1, -0.05) is 0 Å². The van der Waals surface area contributed by atoms with Gasteiger partial charge in [-0.15, -0.1) is 0 Å². The Balaban J connectivity index is 1.41. The first kappa shape index (κ1) is 11.9. The van der Waals surface area contributed by atoms with Gasteiger partial charge in [-0.25, -0.2) is 0 Å². The molecule has 5 heteroatoms. The minimum atomic E-state index is 0.701. The van der Waals surface area contributed by atoms with E-state index in [0.717, 1.165) is 43.3 Å². The first-order valence-corrected chi connectivity index (χ1v) is 6.64. The molecule has 3 N–H and O–H groups in total. The maximum atomic E-state index is 5.73. The number of hydrogen-bond acceptors (Lipinski definition) is 4. The normalized spacial score (nSPS) is 14.2. The molecule has 5 nitrogen and oxygen atoms in total. The van der Waals surface area contributed by atoms with Crippen LogP contribution in [0.3, 0.4) is 0 Å². The molecule has 1 aromatic heterocycles. The maximum absolute atomic E-state index is 5.73. The van der Waals surface area contributed by atoms with E-state index in [2.05, 4.69) is 32.7 Å². The summed E-state index contributed by atoms with van der Waals surface area (Å²) in [5.74, 6) is 1.82. The molecule has 0 bridgehead atoms. The smallest absolute Gasteiger partial charge is 0.191 e. The fourth-order valence-electron chi connectivity index (χ4n) is 2.10. The van der Waals surface area contributed by atoms with Gasteiger partial charge in [-0.3, -0.25) is 4.99 Å². The van der Waals surface area contributed by atoms with E-state index in [9.17, 15) is 0 Å². The number of rotatable bonds is 5. The number of hydrogen-bond donors (Lipinski definition) is 3. The molecule has 0 spiro atoms. The summed E-state index contributed by atoms with van der Waals surface area (Å²) in [6, 6.07) is 8.16. The van der Waals surface area contributed by atoms with Gasteiger partial charge in [0.15, 0.2) is 5.96 Å². The van der Waals surface area contributed by atoms with Crippen molar-refractivity contribution in [1.29, 1.82) is 0 Å². The molecule has 0 saturated carbocycles. The lowest BCUT2D eigenvalue weighted by Crippen LogP contribution is -2.34. The van der Waals surface area contributed by atoms with Crippen LogP contribution in [0.25, 0.3) is 10.9 Å². The van der Waals surface area contributed by atoms with Crippen molar-refractivity contribution in [3.63, 3.8) is 0 Å². The zero-order chi connectivity index (χ0) is 12.9. The number of nitrogens with one attached hydrogen (secondary N) is 3. The first-order chi connectivity index (χ1) is 9.42. The topological polar surface area (TPSA) is 61.4 Å². The Kier molecular flexibility index (Phi) is 3.54. The molecule has 100 valence electrons. The van der Waals surface area contributed by atoms with E-state index in [1.807, 2.05) is 18.3 Å². The highest BCUT2D eigenvalue weighted by Gasteiger charge is 2.03. The molecule has 0 atom stereocenters. The van der Waals surface area contributed by atoms with Gasteiger partial charge in [-0.05, 0) is 30.0 Å². The second kappa shape index (κ2) is 5.65. The van der Waals surface area contributed by atoms with Crippen molar-refractivity contribution >= 4 is 16.9 Å². The number of guanidine groups is 1. The molecule has 1 aromatic carbocycles. The lowest BCUT2D eigenvalue weighted by molar-refractivity contribution is 0.311. The van der Waals surface area contributed by atoms with Crippen LogP contribution in [-0.4, -0.2) is 37.2 Å². The van der Waals surface area contributed by atoms with Gasteiger partial charge < -0.3 is 20.4 Å². The fourth-order valence-corrected chi connectivity index (χ4v) is 2.10. The highest BCUT2D eigenvalue weighted by atomic mass is 16.5. The number of nitrogens with zero attached hydrogens (tertiary/aromatic N) is 1. The summed E-state index contributed by atoms with van der Waals surface area (Å²) in [7, 11) is 0. The molecule has 2 aromatic rings. The van der Waals surface area contributed by atoms with Crippen LogP contribution in [-0.2, 0) is 0 Å². The number of fused-ring (bicyclic) bond motifs is 1. The lowest BCUT2D eigenvalue weighted by Gasteiger charge is -2.08. The number of H-pyrrole nitrogens is 1. The van der Waals surface area contributed by atoms with Crippen molar-refractivity contribution in [2.75, 3.05) is 26.2 Å². The Bertz CT molecular complexity index is 576. The number of aromatic nitrogens is 1. The van der Waals surface area contributed by atoms with Crippen LogP contribution in [0.2, 0.25) is 0 Å². The number of benzene rings is 1. The molecule has 0 unspecified atom stereocenters. The van der Waals surface area contributed by atoms with Crippen molar-refractivity contribution in [2.45, 2.75) is 6.42 Å². The number of aliphatic imine (C=N–C) groups is 1. The van der Waals surface area contributed by atoms with E-state index in [1.54, 1.807) is 0 Å². The molecule has 19 heavy (non-hydrogen) atoms. The van der Waals surface area contributed by atoms with Gasteiger partial charge in [0.1, 0.15) is 5.75 Å². The van der Waals surface area contributed by atoms with Crippen molar-refractivity contribution in [1.82, 2.24) is 15.6 Å². The second-order valence-electron chi connectivity index (χ2n) is 4.51. The highest BCUT2D eigenvalue weighted by molar-refractivity contribution is 5.81. The molecular weight excluding hydrogens is 240 g/mol. The van der Waals surface area contributed by atoms with Gasteiger partial charge in [0.2, 0.25) is 0 Å². The molecule has 0 saturated heterocycles. The van der Waals surface area contributed by atoms with E-state index < -0.39 is 0 Å². The molecule has 2 heterocycles. The SMILES string of the molecule is c1cc2ccc(OCCCNC3=NCCN3)cc2[nH]1. The van der Waals surface area contributed by atoms with Gasteiger partial charge in [0.25, 0.3) is 0 Å². The Labute approximate surface area is 112 Å². The summed E-state index contributed by atoms with van der Waals surface area (Å²) in [4.78, 5) is 7.45. The molecule has 0 aliphatic carbocycles. The third-order valence-electron chi connectivity index (χ3n) is 3.08. The summed E-state index contributed by atoms with van der Waals surface area (Å²) >= 11 is 0. The number of ether oxygens (including phenoxy) is 1. The summed E-state index contributed by atoms with van der Waals surface area (Å²) in [6.07, 6.45) is 2.89. The average molecular weight is 258 g/mol. The third-order valence-corrected chi connectivity index (χ3v) is 3.08. The summed E-state index contributed by atoms with van der Waals surface area (Å²) in [5.41, 5.74) is 1.11. The Morgan fingerprint density at radius 2 is 2.32 bits per heavy atom. The zero-order valence-corrected chi connectivity index (χ0v) is 10.8.